The number of hydrogen-bond acceptors (Lipinski definition) is 6. The Morgan fingerprint density at radius 2 is 1.80 bits per heavy atom. The predicted molar refractivity (Wildman–Crippen MR) is 116 cm³/mol. The van der Waals surface area contributed by atoms with Crippen LogP contribution in [0.1, 0.15) is 11.3 Å². The van der Waals surface area contributed by atoms with Crippen LogP contribution in [-0.4, -0.2) is 31.5 Å². The van der Waals surface area contributed by atoms with Gasteiger partial charge >= 0.3 is 0 Å². The molecule has 0 unspecified atom stereocenters. The molecule has 2 aromatic carbocycles. The lowest BCUT2D eigenvalue weighted by Crippen LogP contribution is -2.23. The molecule has 30 heavy (non-hydrogen) atoms. The maximum atomic E-state index is 12.9. The van der Waals surface area contributed by atoms with Crippen LogP contribution in [-0.2, 0) is 0 Å². The molecular weight excluding hydrogens is 398 g/mol. The van der Waals surface area contributed by atoms with Crippen molar-refractivity contribution in [2.24, 2.45) is 0 Å². The molecule has 8 heteroatoms. The molecule has 5 aromatic rings. The Labute approximate surface area is 175 Å². The number of thiazole rings is 1. The molecule has 7 nitrogen and oxygen atoms in total. The van der Waals surface area contributed by atoms with Crippen LogP contribution in [0.4, 0.5) is 0 Å². The molecular formula is C22H17N5O2S. The van der Waals surface area contributed by atoms with E-state index in [2.05, 4.69) is 15.2 Å². The van der Waals surface area contributed by atoms with Crippen LogP contribution < -0.4 is 14.8 Å². The zero-order valence-electron chi connectivity index (χ0n) is 16.3. The number of aromatic nitrogens is 5. The largest absolute Gasteiger partial charge is 0.497 e. The molecule has 0 saturated carbocycles. The Morgan fingerprint density at radius 3 is 2.50 bits per heavy atom. The number of fused-ring (bicyclic) bond motifs is 1. The Hall–Kier alpha value is -3.78. The number of benzene rings is 2. The van der Waals surface area contributed by atoms with Gasteiger partial charge in [-0.25, -0.2) is 4.68 Å². The second kappa shape index (κ2) is 7.23. The summed E-state index contributed by atoms with van der Waals surface area (Å²) in [7, 11) is 1.62. The zero-order valence-corrected chi connectivity index (χ0v) is 17.1. The van der Waals surface area contributed by atoms with Gasteiger partial charge in [-0.2, -0.15) is 14.6 Å². The molecule has 0 spiro atoms. The minimum atomic E-state index is -0.186. The highest BCUT2D eigenvalue weighted by Gasteiger charge is 2.13. The molecule has 3 aromatic heterocycles. The fourth-order valence-electron chi connectivity index (χ4n) is 3.17. The van der Waals surface area contributed by atoms with Gasteiger partial charge in [0.1, 0.15) is 5.75 Å². The van der Waals surface area contributed by atoms with Crippen molar-refractivity contribution in [1.82, 2.24) is 24.4 Å². The Balaban J connectivity index is 1.53. The van der Waals surface area contributed by atoms with Crippen molar-refractivity contribution in [2.75, 3.05) is 7.11 Å². The number of nitrogens with zero attached hydrogens (tertiary/aromatic N) is 5. The number of methoxy groups -OCH3 is 1. The summed E-state index contributed by atoms with van der Waals surface area (Å²) in [5.41, 5.74) is 3.34. The molecule has 0 N–H and O–H groups in total. The Bertz CT molecular complexity index is 1450. The molecule has 0 saturated heterocycles. The lowest BCUT2D eigenvalue weighted by Gasteiger charge is -1.99. The quantitative estimate of drug-likeness (QED) is 0.451. The van der Waals surface area contributed by atoms with Crippen molar-refractivity contribution in [1.29, 1.82) is 0 Å². The van der Waals surface area contributed by atoms with Crippen LogP contribution >= 0.6 is 11.3 Å². The van der Waals surface area contributed by atoms with Crippen LogP contribution in [0.3, 0.4) is 0 Å². The van der Waals surface area contributed by atoms with Crippen LogP contribution in [0.2, 0.25) is 0 Å². The van der Waals surface area contributed by atoms with E-state index in [1.165, 1.54) is 15.9 Å². The Morgan fingerprint density at radius 1 is 1.03 bits per heavy atom. The summed E-state index contributed by atoms with van der Waals surface area (Å²) in [6, 6.07) is 17.3. The summed E-state index contributed by atoms with van der Waals surface area (Å²) in [6.07, 6.45) is 3.76. The van der Waals surface area contributed by atoms with Crippen molar-refractivity contribution >= 4 is 22.4 Å². The summed E-state index contributed by atoms with van der Waals surface area (Å²) < 4.78 is 8.91. The zero-order chi connectivity index (χ0) is 20.7. The van der Waals surface area contributed by atoms with Gasteiger partial charge in [0.15, 0.2) is 5.82 Å². The molecule has 5 rings (SSSR count). The molecule has 0 aliphatic carbocycles. The third kappa shape index (κ3) is 3.17. The normalized spacial score (nSPS) is 12.0. The van der Waals surface area contributed by atoms with E-state index in [4.69, 9.17) is 4.74 Å². The summed E-state index contributed by atoms with van der Waals surface area (Å²) in [5.74, 6) is 1.27. The minimum absolute atomic E-state index is 0.186. The maximum absolute atomic E-state index is 12.9. The summed E-state index contributed by atoms with van der Waals surface area (Å²) in [5, 5.41) is 8.95. The molecule has 0 atom stereocenters. The molecule has 0 aliphatic heterocycles. The van der Waals surface area contributed by atoms with Gasteiger partial charge in [0.2, 0.25) is 4.96 Å². The van der Waals surface area contributed by atoms with Gasteiger partial charge in [-0.1, -0.05) is 29.5 Å². The predicted octanol–water partition coefficient (Wildman–Crippen LogP) is 2.87. The van der Waals surface area contributed by atoms with Crippen molar-refractivity contribution in [3.05, 3.63) is 86.9 Å². The second-order valence-electron chi connectivity index (χ2n) is 6.72. The fraction of sp³-hybridized carbons (Fsp3) is 0.0909. The molecule has 0 aliphatic rings. The van der Waals surface area contributed by atoms with Crippen molar-refractivity contribution in [3.8, 4) is 22.8 Å². The number of ether oxygens (including phenoxy) is 1. The van der Waals surface area contributed by atoms with E-state index in [1.54, 1.807) is 7.11 Å². The van der Waals surface area contributed by atoms with Gasteiger partial charge in [-0.15, -0.1) is 5.10 Å². The highest BCUT2D eigenvalue weighted by molar-refractivity contribution is 7.15. The fourth-order valence-corrected chi connectivity index (χ4v) is 4.06. The van der Waals surface area contributed by atoms with Crippen molar-refractivity contribution < 1.29 is 4.74 Å². The maximum Gasteiger partial charge on any atom is 0.291 e. The van der Waals surface area contributed by atoms with E-state index in [1.807, 2.05) is 78.5 Å². The molecule has 0 radical (unpaired) electrons. The first-order valence-corrected chi connectivity index (χ1v) is 10.1. The van der Waals surface area contributed by atoms with Gasteiger partial charge in [0.25, 0.3) is 5.56 Å². The van der Waals surface area contributed by atoms with Crippen molar-refractivity contribution in [3.63, 3.8) is 0 Å². The van der Waals surface area contributed by atoms with E-state index in [0.717, 1.165) is 28.3 Å². The minimum Gasteiger partial charge on any atom is -0.497 e. The SMILES string of the molecule is COc1ccc(-c2nc3sc(=Cc4cn(-c5ccccc5)nc4C)c(=O)n3n2)cc1. The van der Waals surface area contributed by atoms with Gasteiger partial charge in [0, 0.05) is 17.3 Å². The van der Waals surface area contributed by atoms with E-state index in [0.29, 0.717) is 15.3 Å². The molecule has 0 amide bonds. The number of aryl methyl sites for hydroxylation is 1. The highest BCUT2D eigenvalue weighted by Crippen LogP contribution is 2.20. The molecule has 148 valence electrons. The summed E-state index contributed by atoms with van der Waals surface area (Å²) in [6.45, 7) is 1.93. The van der Waals surface area contributed by atoms with Gasteiger partial charge in [0.05, 0.1) is 23.0 Å². The Kier molecular flexibility index (Phi) is 4.40. The highest BCUT2D eigenvalue weighted by atomic mass is 32.1. The number of para-hydroxylation sites is 1. The number of hydrogen-bond donors (Lipinski definition) is 0. The standard InChI is InChI=1S/C22H17N5O2S/c1-14-16(13-26(24-14)17-6-4-3-5-7-17)12-19-21(28)27-22(30-19)23-20(25-27)15-8-10-18(29-2)11-9-15/h3-13H,1-2H3. The number of rotatable bonds is 4. The first-order chi connectivity index (χ1) is 14.6. The smallest absolute Gasteiger partial charge is 0.291 e. The van der Waals surface area contributed by atoms with Gasteiger partial charge < -0.3 is 4.74 Å². The van der Waals surface area contributed by atoms with Crippen LogP contribution in [0.25, 0.3) is 28.1 Å². The monoisotopic (exact) mass is 415 g/mol. The first-order valence-electron chi connectivity index (χ1n) is 9.30. The van der Waals surface area contributed by atoms with E-state index >= 15 is 0 Å². The molecule has 0 bridgehead atoms. The lowest BCUT2D eigenvalue weighted by atomic mass is 10.2. The summed E-state index contributed by atoms with van der Waals surface area (Å²) in [4.78, 5) is 17.9. The third-order valence-electron chi connectivity index (χ3n) is 4.77. The summed E-state index contributed by atoms with van der Waals surface area (Å²) >= 11 is 1.32. The molecule has 3 heterocycles. The lowest BCUT2D eigenvalue weighted by molar-refractivity contribution is 0.415. The van der Waals surface area contributed by atoms with Crippen LogP contribution in [0.5, 0.6) is 5.75 Å². The second-order valence-corrected chi connectivity index (χ2v) is 7.73. The van der Waals surface area contributed by atoms with E-state index in [-0.39, 0.29) is 5.56 Å². The van der Waals surface area contributed by atoms with E-state index in [9.17, 15) is 4.79 Å². The van der Waals surface area contributed by atoms with Crippen molar-refractivity contribution in [2.45, 2.75) is 6.92 Å². The van der Waals surface area contributed by atoms with Crippen LogP contribution in [0.15, 0.2) is 65.6 Å². The van der Waals surface area contributed by atoms with Gasteiger partial charge in [-0.05, 0) is 49.4 Å². The topological polar surface area (TPSA) is 74.3 Å². The first kappa shape index (κ1) is 18.3. The molecule has 0 fully saturated rings. The van der Waals surface area contributed by atoms with Crippen LogP contribution in [0, 0.1) is 6.92 Å². The van der Waals surface area contributed by atoms with Gasteiger partial charge in [-0.3, -0.25) is 4.79 Å². The average molecular weight is 415 g/mol. The van der Waals surface area contributed by atoms with E-state index < -0.39 is 0 Å². The third-order valence-corrected chi connectivity index (χ3v) is 5.73. The average Bonchev–Trinajstić information content (AvgIpc) is 3.44.